The number of hydrogen-bond donors (Lipinski definition) is 0. The van der Waals surface area contributed by atoms with Gasteiger partial charge < -0.3 is 14.2 Å². The van der Waals surface area contributed by atoms with Crippen LogP contribution < -0.4 is 0 Å². The molecule has 126 valence electrons. The second-order valence-corrected chi connectivity index (χ2v) is 9.51. The van der Waals surface area contributed by atoms with Crippen molar-refractivity contribution in [1.29, 1.82) is 0 Å². The summed E-state index contributed by atoms with van der Waals surface area (Å²) >= 11 is 0. The van der Waals surface area contributed by atoms with E-state index in [2.05, 4.69) is 27.7 Å². The van der Waals surface area contributed by atoms with Crippen molar-refractivity contribution in [1.82, 2.24) is 0 Å². The van der Waals surface area contributed by atoms with Gasteiger partial charge in [-0.1, -0.05) is 20.8 Å². The first-order valence-corrected chi connectivity index (χ1v) is 9.05. The van der Waals surface area contributed by atoms with E-state index in [-0.39, 0.29) is 11.7 Å². The predicted octanol–water partition coefficient (Wildman–Crippen LogP) is 4.01. The highest BCUT2D eigenvalue weighted by Crippen LogP contribution is 2.75. The van der Waals surface area contributed by atoms with Crippen LogP contribution in [0.15, 0.2) is 0 Å². The molecule has 1 spiro atoms. The molecule has 1 aliphatic heterocycles. The van der Waals surface area contributed by atoms with Gasteiger partial charge in [0.2, 0.25) is 0 Å². The highest BCUT2D eigenvalue weighted by atomic mass is 16.8. The maximum atomic E-state index is 6.60. The Balaban J connectivity index is 1.75. The van der Waals surface area contributed by atoms with Crippen molar-refractivity contribution in [3.05, 3.63) is 0 Å². The van der Waals surface area contributed by atoms with Gasteiger partial charge >= 0.3 is 0 Å². The average molecular weight is 308 g/mol. The van der Waals surface area contributed by atoms with Gasteiger partial charge in [0.25, 0.3) is 0 Å². The summed E-state index contributed by atoms with van der Waals surface area (Å²) in [7, 11) is 1.73. The third kappa shape index (κ3) is 1.63. The molecular formula is C19H32O3. The summed E-state index contributed by atoms with van der Waals surface area (Å²) in [6.45, 7) is 12.3. The topological polar surface area (TPSA) is 27.7 Å². The molecule has 4 rings (SSSR count). The number of hydrogen-bond acceptors (Lipinski definition) is 3. The van der Waals surface area contributed by atoms with Crippen LogP contribution in [0, 0.1) is 28.6 Å². The molecule has 0 aromatic rings. The minimum absolute atomic E-state index is 0.161. The Labute approximate surface area is 135 Å². The smallest absolute Gasteiger partial charge is 0.190 e. The summed E-state index contributed by atoms with van der Waals surface area (Å²) in [5.74, 6) is 1.67. The fourth-order valence-corrected chi connectivity index (χ4v) is 7.23. The molecule has 0 N–H and O–H groups in total. The number of rotatable bonds is 2. The van der Waals surface area contributed by atoms with Crippen LogP contribution in [0.2, 0.25) is 0 Å². The van der Waals surface area contributed by atoms with Gasteiger partial charge in [-0.25, -0.2) is 0 Å². The van der Waals surface area contributed by atoms with E-state index in [0.29, 0.717) is 23.4 Å². The monoisotopic (exact) mass is 308 g/mol. The Morgan fingerprint density at radius 1 is 1.05 bits per heavy atom. The third-order valence-corrected chi connectivity index (χ3v) is 8.07. The summed E-state index contributed by atoms with van der Waals surface area (Å²) in [6, 6.07) is 0. The van der Waals surface area contributed by atoms with Crippen LogP contribution in [0.4, 0.5) is 0 Å². The molecule has 4 fully saturated rings. The average Bonchev–Trinajstić information content (AvgIpc) is 2.92. The van der Waals surface area contributed by atoms with Gasteiger partial charge in [0.05, 0.1) is 11.7 Å². The summed E-state index contributed by atoms with van der Waals surface area (Å²) in [6.07, 6.45) is 5.50. The molecule has 4 aliphatic rings. The molecule has 3 aliphatic carbocycles. The zero-order chi connectivity index (χ0) is 16.0. The first-order valence-electron chi connectivity index (χ1n) is 9.05. The lowest BCUT2D eigenvalue weighted by Gasteiger charge is -2.47. The molecule has 0 amide bonds. The van der Waals surface area contributed by atoms with E-state index in [1.165, 1.54) is 25.7 Å². The summed E-state index contributed by atoms with van der Waals surface area (Å²) < 4.78 is 18.4. The molecule has 0 aromatic carbocycles. The highest BCUT2D eigenvalue weighted by molar-refractivity contribution is 5.21. The first kappa shape index (κ1) is 15.4. The van der Waals surface area contributed by atoms with E-state index in [4.69, 9.17) is 14.2 Å². The van der Waals surface area contributed by atoms with Gasteiger partial charge in [0.15, 0.2) is 5.79 Å². The minimum Gasteiger partial charge on any atom is -0.379 e. The molecule has 2 bridgehead atoms. The lowest BCUT2D eigenvalue weighted by molar-refractivity contribution is -0.212. The third-order valence-electron chi connectivity index (χ3n) is 8.07. The fourth-order valence-electron chi connectivity index (χ4n) is 7.23. The van der Waals surface area contributed by atoms with E-state index in [1.807, 2.05) is 6.92 Å². The maximum Gasteiger partial charge on any atom is 0.190 e. The Bertz CT molecular complexity index is 489. The Kier molecular flexibility index (Phi) is 3.00. The van der Waals surface area contributed by atoms with Crippen molar-refractivity contribution in [3.8, 4) is 0 Å². The minimum atomic E-state index is -0.581. The van der Waals surface area contributed by atoms with Crippen LogP contribution >= 0.6 is 0 Å². The molecule has 1 unspecified atom stereocenters. The standard InChI is InChI=1S/C19H32O3/c1-12-7-8-13-16(2,3)14-9-19(12,13)10-15-18(14,5)22-17(4,21-15)11-20-6/h12-15H,7-11H2,1-6H3/t12-,13+,14-,15+,17?,18-,19-/m1/s1. The Morgan fingerprint density at radius 3 is 2.45 bits per heavy atom. The summed E-state index contributed by atoms with van der Waals surface area (Å²) in [5.41, 5.74) is 0.669. The molecule has 3 heteroatoms. The normalized spacial score (nSPS) is 58.6. The molecule has 22 heavy (non-hydrogen) atoms. The van der Waals surface area contributed by atoms with E-state index in [0.717, 1.165) is 11.8 Å². The lowest BCUT2D eigenvalue weighted by atomic mass is 9.63. The van der Waals surface area contributed by atoms with E-state index in [1.54, 1.807) is 7.11 Å². The van der Waals surface area contributed by atoms with Crippen molar-refractivity contribution in [2.24, 2.45) is 28.6 Å². The fraction of sp³-hybridized carbons (Fsp3) is 1.00. The molecule has 1 heterocycles. The van der Waals surface area contributed by atoms with Crippen molar-refractivity contribution < 1.29 is 14.2 Å². The van der Waals surface area contributed by atoms with E-state index in [9.17, 15) is 0 Å². The van der Waals surface area contributed by atoms with Crippen LogP contribution in [0.1, 0.15) is 60.3 Å². The van der Waals surface area contributed by atoms with Crippen LogP contribution in [0.25, 0.3) is 0 Å². The van der Waals surface area contributed by atoms with Gasteiger partial charge in [-0.05, 0) is 68.1 Å². The lowest BCUT2D eigenvalue weighted by Crippen LogP contribution is -2.52. The van der Waals surface area contributed by atoms with Crippen LogP contribution in [-0.4, -0.2) is 31.2 Å². The number of ether oxygens (including phenoxy) is 3. The van der Waals surface area contributed by atoms with Gasteiger partial charge in [-0.3, -0.25) is 0 Å². The van der Waals surface area contributed by atoms with Gasteiger partial charge in [-0.15, -0.1) is 0 Å². The van der Waals surface area contributed by atoms with Crippen LogP contribution in [0.5, 0.6) is 0 Å². The largest absolute Gasteiger partial charge is 0.379 e. The second kappa shape index (κ2) is 4.29. The molecule has 7 atom stereocenters. The van der Waals surface area contributed by atoms with Gasteiger partial charge in [0, 0.05) is 7.11 Å². The highest BCUT2D eigenvalue weighted by Gasteiger charge is 2.74. The molecule has 0 aromatic heterocycles. The van der Waals surface area contributed by atoms with Gasteiger partial charge in [0.1, 0.15) is 6.61 Å². The van der Waals surface area contributed by atoms with Crippen molar-refractivity contribution in [2.45, 2.75) is 77.8 Å². The van der Waals surface area contributed by atoms with Crippen LogP contribution in [-0.2, 0) is 14.2 Å². The number of fused-ring (bicyclic) bond motifs is 3. The Hall–Kier alpha value is -0.120. The van der Waals surface area contributed by atoms with E-state index >= 15 is 0 Å². The zero-order valence-corrected chi connectivity index (χ0v) is 15.1. The SMILES string of the molecule is COCC1(C)O[C@H]2C[C@@]34C[C@H](C(C)(C)[C@@H]3CC[C@H]4C)[C@@]2(C)O1. The Morgan fingerprint density at radius 2 is 1.77 bits per heavy atom. The molecule has 3 nitrogen and oxygen atoms in total. The van der Waals surface area contributed by atoms with Crippen LogP contribution in [0.3, 0.4) is 0 Å². The zero-order valence-electron chi connectivity index (χ0n) is 15.1. The van der Waals surface area contributed by atoms with Crippen molar-refractivity contribution in [2.75, 3.05) is 13.7 Å². The summed E-state index contributed by atoms with van der Waals surface area (Å²) in [5, 5.41) is 0. The first-order chi connectivity index (χ1) is 10.2. The molecule has 1 saturated heterocycles. The van der Waals surface area contributed by atoms with Gasteiger partial charge in [-0.2, -0.15) is 0 Å². The molecular weight excluding hydrogens is 276 g/mol. The molecule has 0 radical (unpaired) electrons. The second-order valence-electron chi connectivity index (χ2n) is 9.51. The maximum absolute atomic E-state index is 6.60. The van der Waals surface area contributed by atoms with Crippen molar-refractivity contribution >= 4 is 0 Å². The quantitative estimate of drug-likeness (QED) is 0.771. The van der Waals surface area contributed by atoms with E-state index < -0.39 is 5.79 Å². The predicted molar refractivity (Wildman–Crippen MR) is 85.5 cm³/mol. The summed E-state index contributed by atoms with van der Waals surface area (Å²) in [4.78, 5) is 0. The molecule has 3 saturated carbocycles. The number of methoxy groups -OCH3 is 1. The van der Waals surface area contributed by atoms with Crippen molar-refractivity contribution in [3.63, 3.8) is 0 Å².